The Bertz CT molecular complexity index is 1230. The lowest BCUT2D eigenvalue weighted by molar-refractivity contribution is -0.815. The molecule has 2 bridgehead atoms. The summed E-state index contributed by atoms with van der Waals surface area (Å²) in [4.78, 5) is 14.5. The van der Waals surface area contributed by atoms with Gasteiger partial charge in [0, 0.05) is 22.3 Å². The zero-order chi connectivity index (χ0) is 26.4. The van der Waals surface area contributed by atoms with Crippen LogP contribution in [0.25, 0.3) is 0 Å². The minimum atomic E-state index is -0.496. The molecule has 6 rings (SSSR count). The quantitative estimate of drug-likeness (QED) is 0.385. The van der Waals surface area contributed by atoms with Crippen molar-refractivity contribution in [3.63, 3.8) is 0 Å². The van der Waals surface area contributed by atoms with Gasteiger partial charge in [-0.1, -0.05) is 48.5 Å². The zero-order valence-corrected chi connectivity index (χ0v) is 20.3. The van der Waals surface area contributed by atoms with Gasteiger partial charge in [0.05, 0.1) is 0 Å². The molecular weight excluding hydrogens is 492 g/mol. The van der Waals surface area contributed by atoms with E-state index in [4.69, 9.17) is 0 Å². The number of Topliss-reactive ketones (excluding diaryl/α,β-unsaturated/α-hetero) is 1. The lowest BCUT2D eigenvalue weighted by Gasteiger charge is -2.47. The first-order chi connectivity index (χ1) is 18.4. The first kappa shape index (κ1) is 24.5. The largest absolute Gasteiger partial charge is 0.332 e. The molecule has 3 nitrogen and oxygen atoms in total. The van der Waals surface area contributed by atoms with Crippen LogP contribution in [0.5, 0.6) is 0 Å². The number of benzene rings is 4. The average Bonchev–Trinajstić information content (AvgIpc) is 2.91. The summed E-state index contributed by atoms with van der Waals surface area (Å²) in [5.74, 6) is -2.44. The highest BCUT2D eigenvalue weighted by molar-refractivity contribution is 5.87. The smallest absolute Gasteiger partial charge is 0.164 e. The number of halogens is 4. The van der Waals surface area contributed by atoms with Crippen molar-refractivity contribution in [2.75, 3.05) is 0 Å². The summed E-state index contributed by atoms with van der Waals surface area (Å²) < 4.78 is 55.3. The molecule has 0 saturated carbocycles. The Morgan fingerprint density at radius 1 is 0.395 bits per heavy atom. The number of hydrogen-bond acceptors (Lipinski definition) is 1. The second-order valence-corrected chi connectivity index (χ2v) is 10.1. The fourth-order valence-electron chi connectivity index (χ4n) is 6.32. The van der Waals surface area contributed by atoms with Crippen LogP contribution >= 0.6 is 0 Å². The van der Waals surface area contributed by atoms with Crippen molar-refractivity contribution < 1.29 is 33.0 Å². The minimum absolute atomic E-state index is 0.0299. The van der Waals surface area contributed by atoms with E-state index >= 15 is 0 Å². The Labute approximate surface area is 217 Å². The Kier molecular flexibility index (Phi) is 6.33. The average molecular weight is 519 g/mol. The number of piperidine rings is 2. The van der Waals surface area contributed by atoms with Gasteiger partial charge in [-0.2, -0.15) is 0 Å². The molecule has 2 aliphatic heterocycles. The minimum Gasteiger partial charge on any atom is -0.332 e. The predicted octanol–water partition coefficient (Wildman–Crippen LogP) is 4.46. The van der Waals surface area contributed by atoms with Crippen LogP contribution in [-0.2, 0) is 4.79 Å². The van der Waals surface area contributed by atoms with Gasteiger partial charge in [0.15, 0.2) is 5.78 Å². The highest BCUT2D eigenvalue weighted by atomic mass is 19.1. The summed E-state index contributed by atoms with van der Waals surface area (Å²) >= 11 is 0. The van der Waals surface area contributed by atoms with Crippen LogP contribution in [0.2, 0.25) is 0 Å². The summed E-state index contributed by atoms with van der Waals surface area (Å²) in [6.07, 6.45) is 0. The molecule has 6 atom stereocenters. The van der Waals surface area contributed by atoms with Crippen molar-refractivity contribution in [1.82, 2.24) is 0 Å². The van der Waals surface area contributed by atoms with Crippen molar-refractivity contribution in [2.24, 2.45) is 11.8 Å². The van der Waals surface area contributed by atoms with Gasteiger partial charge < -0.3 is 10.6 Å². The number of rotatable bonds is 4. The topological polar surface area (TPSA) is 50.3 Å². The highest BCUT2D eigenvalue weighted by Crippen LogP contribution is 2.45. The summed E-state index contributed by atoms with van der Waals surface area (Å²) in [6, 6.07) is 23.2. The van der Waals surface area contributed by atoms with Gasteiger partial charge in [-0.15, -0.1) is 0 Å². The third-order valence-corrected chi connectivity index (χ3v) is 8.05. The normalized spacial score (nSPS) is 26.8. The molecule has 7 heteroatoms. The van der Waals surface area contributed by atoms with E-state index in [1.807, 2.05) is 0 Å². The van der Waals surface area contributed by atoms with Crippen LogP contribution in [-0.4, -0.2) is 5.78 Å². The lowest BCUT2D eigenvalue weighted by atomic mass is 9.64. The van der Waals surface area contributed by atoms with E-state index in [1.165, 1.54) is 48.5 Å². The van der Waals surface area contributed by atoms with E-state index in [-0.39, 0.29) is 53.2 Å². The SMILES string of the molecule is O=C1C2[C@@H](c3ccc(F)cc3)[NH2+][C@@H](c3ccc(F)cc3)C1[C@@H](c1ccc(F)cc1)[NH2+][C@H]2c1ccc(F)cc1. The number of quaternary nitrogens is 2. The maximum absolute atomic E-state index is 14.5. The molecule has 0 radical (unpaired) electrons. The molecule has 2 heterocycles. The Balaban J connectivity index is 1.51. The van der Waals surface area contributed by atoms with Crippen molar-refractivity contribution in [3.05, 3.63) is 143 Å². The molecule has 2 unspecified atom stereocenters. The van der Waals surface area contributed by atoms with Gasteiger partial charge in [-0.3, -0.25) is 4.79 Å². The Hall–Kier alpha value is -3.81. The molecule has 2 aliphatic rings. The summed E-state index contributed by atoms with van der Waals surface area (Å²) in [5, 5.41) is 4.24. The maximum Gasteiger partial charge on any atom is 0.164 e. The van der Waals surface area contributed by atoms with E-state index < -0.39 is 11.8 Å². The predicted molar refractivity (Wildman–Crippen MR) is 132 cm³/mol. The van der Waals surface area contributed by atoms with Crippen LogP contribution in [0.1, 0.15) is 46.4 Å². The van der Waals surface area contributed by atoms with Crippen molar-refractivity contribution in [2.45, 2.75) is 24.2 Å². The fraction of sp³-hybridized carbons (Fsp3) is 0.194. The lowest BCUT2D eigenvalue weighted by Crippen LogP contribution is -3.02. The molecule has 4 N–H and O–H groups in total. The van der Waals surface area contributed by atoms with Gasteiger partial charge in [-0.25, -0.2) is 17.6 Å². The van der Waals surface area contributed by atoms with Crippen LogP contribution in [0.4, 0.5) is 17.6 Å². The molecule has 0 amide bonds. The second kappa shape index (κ2) is 9.82. The van der Waals surface area contributed by atoms with Crippen LogP contribution in [0.3, 0.4) is 0 Å². The monoisotopic (exact) mass is 518 g/mol. The Morgan fingerprint density at radius 2 is 0.605 bits per heavy atom. The third-order valence-electron chi connectivity index (χ3n) is 8.05. The molecule has 0 spiro atoms. The summed E-state index contributed by atoms with van der Waals surface area (Å²) in [6.45, 7) is 0. The number of carbonyl (C=O) groups is 1. The number of carbonyl (C=O) groups excluding carboxylic acids is 1. The number of nitrogens with two attached hydrogens (primary N) is 2. The number of fused-ring (bicyclic) bond motifs is 2. The molecule has 192 valence electrons. The molecule has 0 aromatic heterocycles. The van der Waals surface area contributed by atoms with E-state index in [0.29, 0.717) is 0 Å². The van der Waals surface area contributed by atoms with Gasteiger partial charge in [0.1, 0.15) is 59.3 Å². The van der Waals surface area contributed by atoms with E-state index in [1.54, 1.807) is 48.5 Å². The van der Waals surface area contributed by atoms with E-state index in [2.05, 4.69) is 10.6 Å². The first-order valence-electron chi connectivity index (χ1n) is 12.6. The first-order valence-corrected chi connectivity index (χ1v) is 12.6. The zero-order valence-electron chi connectivity index (χ0n) is 20.3. The molecule has 0 aliphatic carbocycles. The van der Waals surface area contributed by atoms with Crippen LogP contribution in [0, 0.1) is 35.1 Å². The van der Waals surface area contributed by atoms with Gasteiger partial charge >= 0.3 is 0 Å². The molecule has 38 heavy (non-hydrogen) atoms. The third kappa shape index (κ3) is 4.42. The Morgan fingerprint density at radius 3 is 0.816 bits per heavy atom. The van der Waals surface area contributed by atoms with Gasteiger partial charge in [-0.05, 0) is 48.5 Å². The summed E-state index contributed by atoms with van der Waals surface area (Å²) in [5.41, 5.74) is 3.21. The van der Waals surface area contributed by atoms with Crippen molar-refractivity contribution in [1.29, 1.82) is 0 Å². The highest BCUT2D eigenvalue weighted by Gasteiger charge is 2.60. The van der Waals surface area contributed by atoms with Crippen molar-refractivity contribution >= 4 is 5.78 Å². The van der Waals surface area contributed by atoms with E-state index in [0.717, 1.165) is 22.3 Å². The molecule has 4 aromatic carbocycles. The second-order valence-electron chi connectivity index (χ2n) is 10.1. The molecule has 4 aromatic rings. The molecule has 2 saturated heterocycles. The van der Waals surface area contributed by atoms with E-state index in [9.17, 15) is 22.4 Å². The summed E-state index contributed by atoms with van der Waals surface area (Å²) in [7, 11) is 0. The molecule has 2 fully saturated rings. The van der Waals surface area contributed by atoms with Gasteiger partial charge in [0.25, 0.3) is 0 Å². The van der Waals surface area contributed by atoms with Crippen LogP contribution in [0.15, 0.2) is 97.1 Å². The number of ketones is 1. The van der Waals surface area contributed by atoms with Crippen molar-refractivity contribution in [3.8, 4) is 0 Å². The van der Waals surface area contributed by atoms with Gasteiger partial charge in [0.2, 0.25) is 0 Å². The maximum atomic E-state index is 14.5. The molecular formula is C31H26F4N2O+2. The van der Waals surface area contributed by atoms with Crippen LogP contribution < -0.4 is 10.6 Å². The number of hydrogen-bond donors (Lipinski definition) is 2. The standard InChI is InChI=1S/C31H24F4N2O/c32-21-9-1-17(2-10-21)27-25-28(18-3-11-22(33)12-4-18)37-30(20-7-15-24(35)16-8-20)26(31(25)38)29(36-27)19-5-13-23(34)14-6-19/h1-16,25-30,36-37H/p+2/t25?,26?,27-,28+,29+,30-. The fourth-order valence-corrected chi connectivity index (χ4v) is 6.32.